The third-order valence-corrected chi connectivity index (χ3v) is 4.56. The topological polar surface area (TPSA) is 56.6 Å². The molecule has 1 saturated heterocycles. The fourth-order valence-electron chi connectivity index (χ4n) is 3.22. The number of carbonyl (C=O) groups is 1. The van der Waals surface area contributed by atoms with Gasteiger partial charge in [-0.2, -0.15) is 0 Å². The Balaban J connectivity index is 1.38. The van der Waals surface area contributed by atoms with Crippen LogP contribution in [0, 0.1) is 5.92 Å². The van der Waals surface area contributed by atoms with Crippen LogP contribution < -0.4 is 0 Å². The van der Waals surface area contributed by atoms with Gasteiger partial charge in [-0.3, -0.25) is 4.79 Å². The number of nitrogens with zero attached hydrogens (tertiary/aromatic N) is 3. The van der Waals surface area contributed by atoms with Crippen molar-refractivity contribution in [3.05, 3.63) is 18.2 Å². The highest BCUT2D eigenvalue weighted by Gasteiger charge is 2.22. The summed E-state index contributed by atoms with van der Waals surface area (Å²) >= 11 is 0. The van der Waals surface area contributed by atoms with Gasteiger partial charge in [0.1, 0.15) is 12.4 Å². The standard InChI is InChI=1S/C16H25N3O3/c1-18(16(20)12-21-11-14-3-2-8-22-14)10-13-4-6-19-7-5-17-15(19)9-13/h5,7,13-14H,2-4,6,8-12H2,1H3/t13-,14+/m1/s1. The summed E-state index contributed by atoms with van der Waals surface area (Å²) in [6.07, 6.45) is 8.23. The lowest BCUT2D eigenvalue weighted by atomic mass is 9.97. The van der Waals surface area contributed by atoms with Crippen LogP contribution in [0.4, 0.5) is 0 Å². The third kappa shape index (κ3) is 3.87. The van der Waals surface area contributed by atoms with Crippen molar-refractivity contribution in [2.24, 2.45) is 5.92 Å². The first kappa shape index (κ1) is 15.5. The first-order valence-electron chi connectivity index (χ1n) is 8.15. The number of fused-ring (bicyclic) bond motifs is 1. The van der Waals surface area contributed by atoms with Crippen molar-refractivity contribution in [1.29, 1.82) is 0 Å². The number of ether oxygens (including phenoxy) is 2. The van der Waals surface area contributed by atoms with E-state index in [2.05, 4.69) is 9.55 Å². The molecule has 0 radical (unpaired) electrons. The predicted octanol–water partition coefficient (Wildman–Crippen LogP) is 1.10. The maximum absolute atomic E-state index is 12.1. The second-order valence-electron chi connectivity index (χ2n) is 6.32. The molecular formula is C16H25N3O3. The molecule has 0 aromatic carbocycles. The normalized spacial score (nSPS) is 24.2. The van der Waals surface area contributed by atoms with Crippen molar-refractivity contribution in [3.8, 4) is 0 Å². The molecule has 2 atom stereocenters. The van der Waals surface area contributed by atoms with E-state index in [1.165, 1.54) is 0 Å². The van der Waals surface area contributed by atoms with Gasteiger partial charge in [-0.25, -0.2) is 4.98 Å². The van der Waals surface area contributed by atoms with Crippen LogP contribution in [0.1, 0.15) is 25.1 Å². The minimum Gasteiger partial charge on any atom is -0.376 e. The molecule has 1 amide bonds. The van der Waals surface area contributed by atoms with Crippen LogP contribution in [0.15, 0.2) is 12.4 Å². The van der Waals surface area contributed by atoms with Crippen LogP contribution in [0.5, 0.6) is 0 Å². The lowest BCUT2D eigenvalue weighted by Crippen LogP contribution is -2.37. The summed E-state index contributed by atoms with van der Waals surface area (Å²) in [4.78, 5) is 18.3. The van der Waals surface area contributed by atoms with Crippen LogP contribution in [-0.2, 0) is 27.2 Å². The summed E-state index contributed by atoms with van der Waals surface area (Å²) in [5, 5.41) is 0. The molecule has 6 heteroatoms. The van der Waals surface area contributed by atoms with Gasteiger partial charge in [0, 0.05) is 45.6 Å². The minimum atomic E-state index is 0.0481. The maximum Gasteiger partial charge on any atom is 0.248 e. The molecule has 0 aliphatic carbocycles. The van der Waals surface area contributed by atoms with Crippen molar-refractivity contribution >= 4 is 5.91 Å². The Hall–Kier alpha value is -1.40. The fourth-order valence-corrected chi connectivity index (χ4v) is 3.22. The van der Waals surface area contributed by atoms with Crippen molar-refractivity contribution < 1.29 is 14.3 Å². The monoisotopic (exact) mass is 307 g/mol. The molecule has 1 aromatic rings. The van der Waals surface area contributed by atoms with Crippen LogP contribution in [0.2, 0.25) is 0 Å². The Morgan fingerprint density at radius 1 is 1.55 bits per heavy atom. The first-order valence-corrected chi connectivity index (χ1v) is 8.15. The molecule has 0 bridgehead atoms. The fraction of sp³-hybridized carbons (Fsp3) is 0.750. The van der Waals surface area contributed by atoms with Crippen molar-refractivity contribution in [1.82, 2.24) is 14.5 Å². The molecule has 3 heterocycles. The zero-order chi connectivity index (χ0) is 15.4. The van der Waals surface area contributed by atoms with E-state index in [0.717, 1.165) is 51.2 Å². The molecule has 2 aliphatic rings. The molecule has 22 heavy (non-hydrogen) atoms. The molecule has 122 valence electrons. The lowest BCUT2D eigenvalue weighted by molar-refractivity contribution is -0.136. The van der Waals surface area contributed by atoms with Crippen LogP contribution >= 0.6 is 0 Å². The lowest BCUT2D eigenvalue weighted by Gasteiger charge is -2.27. The van der Waals surface area contributed by atoms with E-state index >= 15 is 0 Å². The zero-order valence-electron chi connectivity index (χ0n) is 13.2. The van der Waals surface area contributed by atoms with Gasteiger partial charge in [0.2, 0.25) is 5.91 Å². The highest BCUT2D eigenvalue weighted by atomic mass is 16.5. The number of aryl methyl sites for hydroxylation is 1. The van der Waals surface area contributed by atoms with Crippen LogP contribution in [0.25, 0.3) is 0 Å². The van der Waals surface area contributed by atoms with Gasteiger partial charge in [-0.05, 0) is 25.2 Å². The van der Waals surface area contributed by atoms with Gasteiger partial charge in [-0.1, -0.05) is 0 Å². The Morgan fingerprint density at radius 3 is 3.27 bits per heavy atom. The van der Waals surface area contributed by atoms with Crippen molar-refractivity contribution in [2.45, 2.75) is 38.3 Å². The van der Waals surface area contributed by atoms with E-state index in [0.29, 0.717) is 12.5 Å². The average molecular weight is 307 g/mol. The van der Waals surface area contributed by atoms with Gasteiger partial charge in [0.25, 0.3) is 0 Å². The number of amides is 1. The van der Waals surface area contributed by atoms with Gasteiger partial charge in [0.15, 0.2) is 0 Å². The molecular weight excluding hydrogens is 282 g/mol. The third-order valence-electron chi connectivity index (χ3n) is 4.56. The predicted molar refractivity (Wildman–Crippen MR) is 81.5 cm³/mol. The van der Waals surface area contributed by atoms with Gasteiger partial charge in [0.05, 0.1) is 12.7 Å². The van der Waals surface area contributed by atoms with Crippen molar-refractivity contribution in [2.75, 3.05) is 33.4 Å². The zero-order valence-corrected chi connectivity index (χ0v) is 13.2. The molecule has 3 rings (SSSR count). The van der Waals surface area contributed by atoms with Gasteiger partial charge < -0.3 is 18.9 Å². The molecule has 0 saturated carbocycles. The molecule has 0 N–H and O–H groups in total. The molecule has 1 fully saturated rings. The van der Waals surface area contributed by atoms with Crippen LogP contribution in [0.3, 0.4) is 0 Å². The number of carbonyl (C=O) groups excluding carboxylic acids is 1. The van der Waals surface area contributed by atoms with E-state index in [9.17, 15) is 4.79 Å². The van der Waals surface area contributed by atoms with Crippen molar-refractivity contribution in [3.63, 3.8) is 0 Å². The minimum absolute atomic E-state index is 0.0481. The highest BCUT2D eigenvalue weighted by molar-refractivity contribution is 5.77. The smallest absolute Gasteiger partial charge is 0.248 e. The summed E-state index contributed by atoms with van der Waals surface area (Å²) < 4.78 is 13.2. The summed E-state index contributed by atoms with van der Waals surface area (Å²) in [6.45, 7) is 3.27. The first-order chi connectivity index (χ1) is 10.7. The molecule has 1 aromatic heterocycles. The number of aromatic nitrogens is 2. The summed E-state index contributed by atoms with van der Waals surface area (Å²) in [7, 11) is 1.86. The largest absolute Gasteiger partial charge is 0.376 e. The van der Waals surface area contributed by atoms with E-state index in [1.54, 1.807) is 4.90 Å². The quantitative estimate of drug-likeness (QED) is 0.790. The second-order valence-corrected chi connectivity index (χ2v) is 6.32. The Morgan fingerprint density at radius 2 is 2.45 bits per heavy atom. The highest BCUT2D eigenvalue weighted by Crippen LogP contribution is 2.19. The molecule has 0 spiro atoms. The number of likely N-dealkylation sites (N-methyl/N-ethyl adjacent to an activating group) is 1. The molecule has 6 nitrogen and oxygen atoms in total. The summed E-state index contributed by atoms with van der Waals surface area (Å²) in [5.41, 5.74) is 0. The van der Waals surface area contributed by atoms with Gasteiger partial charge >= 0.3 is 0 Å². The van der Waals surface area contributed by atoms with E-state index in [1.807, 2.05) is 19.4 Å². The number of imidazole rings is 1. The van der Waals surface area contributed by atoms with E-state index in [4.69, 9.17) is 9.47 Å². The van der Waals surface area contributed by atoms with Gasteiger partial charge in [-0.15, -0.1) is 0 Å². The Labute approximate surface area is 131 Å². The Kier molecular flexibility index (Phi) is 5.10. The summed E-state index contributed by atoms with van der Waals surface area (Å²) in [6, 6.07) is 0. The molecule has 0 unspecified atom stereocenters. The SMILES string of the molecule is CN(C[C@@H]1CCn2ccnc2C1)C(=O)COC[C@@H]1CCCO1. The number of rotatable bonds is 6. The second kappa shape index (κ2) is 7.24. The number of hydrogen-bond acceptors (Lipinski definition) is 4. The average Bonchev–Trinajstić information content (AvgIpc) is 3.17. The number of hydrogen-bond donors (Lipinski definition) is 0. The van der Waals surface area contributed by atoms with E-state index in [-0.39, 0.29) is 18.6 Å². The maximum atomic E-state index is 12.1. The van der Waals surface area contributed by atoms with E-state index < -0.39 is 0 Å². The van der Waals surface area contributed by atoms with Crippen LogP contribution in [-0.4, -0.2) is 59.9 Å². The molecule has 2 aliphatic heterocycles. The summed E-state index contributed by atoms with van der Waals surface area (Å²) in [5.74, 6) is 1.67. The Bertz CT molecular complexity index is 497.